The highest BCUT2D eigenvalue weighted by molar-refractivity contribution is 6.67. The van der Waals surface area contributed by atoms with E-state index >= 15 is 0 Å². The van der Waals surface area contributed by atoms with Crippen LogP contribution in [0.5, 0.6) is 5.88 Å². The van der Waals surface area contributed by atoms with Crippen LogP contribution < -0.4 is 4.74 Å². The van der Waals surface area contributed by atoms with Gasteiger partial charge in [-0.05, 0) is 11.6 Å². The molecule has 0 radical (unpaired) electrons. The highest BCUT2D eigenvalue weighted by atomic mass is 35.5. The van der Waals surface area contributed by atoms with Crippen LogP contribution in [0.1, 0.15) is 22.5 Å². The third kappa shape index (κ3) is 3.73. The van der Waals surface area contributed by atoms with Crippen molar-refractivity contribution in [1.82, 2.24) is 4.98 Å². The summed E-state index contributed by atoms with van der Waals surface area (Å²) >= 11 is 4.88. The van der Waals surface area contributed by atoms with Gasteiger partial charge in [0.25, 0.3) is 11.7 Å². The second-order valence-electron chi connectivity index (χ2n) is 3.13. The Bertz CT molecular complexity index is 563. The first-order chi connectivity index (χ1) is 9.03. The molecule has 0 N–H and O–H groups in total. The number of nitrogens with zero attached hydrogens (tertiary/aromatic N) is 2. The van der Waals surface area contributed by atoms with Gasteiger partial charge < -0.3 is 4.74 Å². The monoisotopic (exact) mass is 320 g/mol. The zero-order valence-electron chi connectivity index (χ0n) is 8.95. The number of carbonyl (C=O) groups excluding carboxylic acids is 1. The molecule has 1 aromatic heterocycles. The normalized spacial score (nSPS) is 11.6. The number of aromatic nitrogens is 1. The molecule has 1 rings (SSSR count). The third-order valence-corrected chi connectivity index (χ3v) is 2.00. The Hall–Kier alpha value is -2.04. The number of halogens is 6. The van der Waals surface area contributed by atoms with E-state index in [-0.39, 0.29) is 6.07 Å². The molecule has 0 fully saturated rings. The first-order valence-electron chi connectivity index (χ1n) is 4.46. The molecule has 1 heterocycles. The SMILES string of the molecule is O=C(Cl)c1nc(OC(F)(F)F)cc(C(F)F)c1[N+](=O)[O-]. The Morgan fingerprint density at radius 3 is 2.35 bits per heavy atom. The van der Waals surface area contributed by atoms with E-state index in [0.29, 0.717) is 0 Å². The molecule has 20 heavy (non-hydrogen) atoms. The molecule has 0 saturated carbocycles. The Morgan fingerprint density at radius 2 is 2.00 bits per heavy atom. The lowest BCUT2D eigenvalue weighted by Crippen LogP contribution is -2.19. The van der Waals surface area contributed by atoms with Gasteiger partial charge in [-0.15, -0.1) is 13.2 Å². The Labute approximate surface area is 111 Å². The maximum absolute atomic E-state index is 12.6. The first-order valence-corrected chi connectivity index (χ1v) is 4.83. The van der Waals surface area contributed by atoms with Gasteiger partial charge in [0.2, 0.25) is 11.6 Å². The van der Waals surface area contributed by atoms with Crippen LogP contribution >= 0.6 is 11.6 Å². The van der Waals surface area contributed by atoms with Crippen molar-refractivity contribution in [2.75, 3.05) is 0 Å². The Balaban J connectivity index is 3.54. The fourth-order valence-electron chi connectivity index (χ4n) is 1.20. The molecule has 0 bridgehead atoms. The van der Waals surface area contributed by atoms with E-state index in [0.717, 1.165) is 0 Å². The summed E-state index contributed by atoms with van der Waals surface area (Å²) in [5.41, 5.74) is -4.31. The summed E-state index contributed by atoms with van der Waals surface area (Å²) in [5.74, 6) is -1.46. The van der Waals surface area contributed by atoms with Gasteiger partial charge in [0.15, 0.2) is 0 Å². The number of ether oxygens (including phenoxy) is 1. The van der Waals surface area contributed by atoms with E-state index in [4.69, 9.17) is 11.6 Å². The van der Waals surface area contributed by atoms with Crippen molar-refractivity contribution in [2.45, 2.75) is 12.8 Å². The Kier molecular flexibility index (Phi) is 4.43. The summed E-state index contributed by atoms with van der Waals surface area (Å²) in [4.78, 5) is 22.9. The number of rotatable bonds is 4. The number of carbonyl (C=O) groups is 1. The minimum absolute atomic E-state index is 0.0135. The van der Waals surface area contributed by atoms with Gasteiger partial charge in [0.1, 0.15) is 5.56 Å². The topological polar surface area (TPSA) is 82.3 Å². The van der Waals surface area contributed by atoms with E-state index in [1.807, 2.05) is 0 Å². The third-order valence-electron chi connectivity index (χ3n) is 1.82. The van der Waals surface area contributed by atoms with Crippen LogP contribution in [-0.4, -0.2) is 21.5 Å². The van der Waals surface area contributed by atoms with Gasteiger partial charge in [-0.3, -0.25) is 14.9 Å². The van der Waals surface area contributed by atoms with Crippen LogP contribution in [0, 0.1) is 10.1 Å². The summed E-state index contributed by atoms with van der Waals surface area (Å²) in [6.45, 7) is 0. The van der Waals surface area contributed by atoms with Gasteiger partial charge in [-0.1, -0.05) is 0 Å². The fraction of sp³-hybridized carbons (Fsp3) is 0.250. The first kappa shape index (κ1) is 16.0. The largest absolute Gasteiger partial charge is 0.574 e. The second-order valence-corrected chi connectivity index (χ2v) is 3.47. The maximum atomic E-state index is 12.6. The second kappa shape index (κ2) is 5.53. The molecular formula is C8H2ClF5N2O4. The van der Waals surface area contributed by atoms with Gasteiger partial charge in [-0.2, -0.15) is 0 Å². The van der Waals surface area contributed by atoms with E-state index < -0.39 is 45.8 Å². The van der Waals surface area contributed by atoms with E-state index in [2.05, 4.69) is 9.72 Å². The van der Waals surface area contributed by atoms with E-state index in [1.54, 1.807) is 0 Å². The van der Waals surface area contributed by atoms with Crippen molar-refractivity contribution in [1.29, 1.82) is 0 Å². The highest BCUT2D eigenvalue weighted by Gasteiger charge is 2.36. The predicted octanol–water partition coefficient (Wildman–Crippen LogP) is 3.21. The van der Waals surface area contributed by atoms with Crippen molar-refractivity contribution in [3.05, 3.63) is 27.4 Å². The summed E-state index contributed by atoms with van der Waals surface area (Å²) in [5, 5.41) is 8.93. The molecule has 0 aliphatic rings. The lowest BCUT2D eigenvalue weighted by molar-refractivity contribution is -0.386. The summed E-state index contributed by atoms with van der Waals surface area (Å²) in [6.07, 6.45) is -8.82. The summed E-state index contributed by atoms with van der Waals surface area (Å²) in [7, 11) is 0. The van der Waals surface area contributed by atoms with Crippen LogP contribution in [0.25, 0.3) is 0 Å². The molecule has 0 atom stereocenters. The van der Waals surface area contributed by atoms with Crippen molar-refractivity contribution < 1.29 is 36.4 Å². The molecule has 0 aliphatic carbocycles. The van der Waals surface area contributed by atoms with Crippen molar-refractivity contribution in [2.24, 2.45) is 0 Å². The molecule has 6 nitrogen and oxygen atoms in total. The lowest BCUT2D eigenvalue weighted by Gasteiger charge is -2.10. The lowest BCUT2D eigenvalue weighted by atomic mass is 10.2. The smallest absolute Gasteiger partial charge is 0.388 e. The van der Waals surface area contributed by atoms with Crippen molar-refractivity contribution in [3.8, 4) is 5.88 Å². The number of hydrogen-bond acceptors (Lipinski definition) is 5. The fourth-order valence-corrected chi connectivity index (χ4v) is 1.33. The average Bonchev–Trinajstić information content (AvgIpc) is 2.24. The molecule has 0 saturated heterocycles. The molecule has 0 aliphatic heterocycles. The molecular weight excluding hydrogens is 319 g/mol. The van der Waals surface area contributed by atoms with E-state index in [9.17, 15) is 36.9 Å². The maximum Gasteiger partial charge on any atom is 0.574 e. The zero-order valence-corrected chi connectivity index (χ0v) is 9.71. The number of pyridine rings is 1. The van der Waals surface area contributed by atoms with Crippen LogP contribution in [0.3, 0.4) is 0 Å². The van der Waals surface area contributed by atoms with Crippen molar-refractivity contribution >= 4 is 22.5 Å². The van der Waals surface area contributed by atoms with Gasteiger partial charge in [-0.25, -0.2) is 13.8 Å². The van der Waals surface area contributed by atoms with Crippen LogP contribution in [0.2, 0.25) is 0 Å². The number of alkyl halides is 5. The van der Waals surface area contributed by atoms with Gasteiger partial charge >= 0.3 is 12.0 Å². The summed E-state index contributed by atoms with van der Waals surface area (Å²) in [6, 6.07) is 0.0135. The molecule has 12 heteroatoms. The predicted molar refractivity (Wildman–Crippen MR) is 52.7 cm³/mol. The zero-order chi connectivity index (χ0) is 15.7. The van der Waals surface area contributed by atoms with Gasteiger partial charge in [0.05, 0.1) is 4.92 Å². The number of hydrogen-bond donors (Lipinski definition) is 0. The minimum atomic E-state index is -5.28. The quantitative estimate of drug-likeness (QED) is 0.368. The molecule has 0 spiro atoms. The van der Waals surface area contributed by atoms with Gasteiger partial charge in [0, 0.05) is 6.07 Å². The summed E-state index contributed by atoms with van der Waals surface area (Å²) < 4.78 is 64.4. The van der Waals surface area contributed by atoms with E-state index in [1.165, 1.54) is 0 Å². The van der Waals surface area contributed by atoms with Crippen LogP contribution in [0.4, 0.5) is 27.6 Å². The molecule has 0 aromatic carbocycles. The molecule has 0 unspecified atom stereocenters. The standard InChI is InChI=1S/C8H2ClF5N2O4/c9-6(17)4-5(16(18)19)2(7(10)11)1-3(15-4)20-8(12,13)14/h1,7H. The minimum Gasteiger partial charge on any atom is -0.388 e. The molecule has 1 aromatic rings. The van der Waals surface area contributed by atoms with Crippen LogP contribution in [-0.2, 0) is 0 Å². The molecule has 0 amide bonds. The highest BCUT2D eigenvalue weighted by Crippen LogP contribution is 2.35. The van der Waals surface area contributed by atoms with Crippen LogP contribution in [0.15, 0.2) is 6.07 Å². The Morgan fingerprint density at radius 1 is 1.45 bits per heavy atom. The number of nitro groups is 1. The average molecular weight is 321 g/mol. The van der Waals surface area contributed by atoms with Crippen molar-refractivity contribution in [3.63, 3.8) is 0 Å². The molecule has 110 valence electrons.